The van der Waals surface area contributed by atoms with Crippen molar-refractivity contribution in [1.82, 2.24) is 10.9 Å². The van der Waals surface area contributed by atoms with Gasteiger partial charge in [0.25, 0.3) is 5.91 Å². The molecule has 1 heterocycles. The van der Waals surface area contributed by atoms with Crippen molar-refractivity contribution < 1.29 is 28.8 Å². The van der Waals surface area contributed by atoms with Crippen LogP contribution in [0.3, 0.4) is 0 Å². The predicted molar refractivity (Wildman–Crippen MR) is 176 cm³/mol. The Morgan fingerprint density at radius 1 is 0.911 bits per heavy atom. The highest BCUT2D eigenvalue weighted by molar-refractivity contribution is 9.10. The Bertz CT molecular complexity index is 1580. The average molecular weight is 675 g/mol. The number of amides is 1. The summed E-state index contributed by atoms with van der Waals surface area (Å²) in [5.41, 5.74) is 7.98. The molecule has 3 N–H and O–H groups in total. The van der Waals surface area contributed by atoms with Crippen molar-refractivity contribution in [1.29, 1.82) is 0 Å². The third-order valence-corrected chi connectivity index (χ3v) is 7.95. The molecule has 0 radical (unpaired) electrons. The zero-order chi connectivity index (χ0) is 31.6. The molecule has 5 rings (SSSR count). The van der Waals surface area contributed by atoms with Crippen molar-refractivity contribution in [3.05, 3.63) is 124 Å². The Morgan fingerprint density at radius 2 is 1.60 bits per heavy atom. The number of rotatable bonds is 14. The number of nitrogens with one attached hydrogen (secondary N) is 2. The maximum Gasteiger partial charge on any atom is 0.266 e. The molecule has 0 aromatic heterocycles. The summed E-state index contributed by atoms with van der Waals surface area (Å²) in [5, 5.41) is 9.06. The van der Waals surface area contributed by atoms with Gasteiger partial charge in [0.2, 0.25) is 5.90 Å². The van der Waals surface area contributed by atoms with Crippen LogP contribution in [0.1, 0.15) is 34.8 Å². The van der Waals surface area contributed by atoms with Crippen LogP contribution in [0, 0.1) is 0 Å². The summed E-state index contributed by atoms with van der Waals surface area (Å²) >= 11 is 3.52. The van der Waals surface area contributed by atoms with Gasteiger partial charge >= 0.3 is 0 Å². The van der Waals surface area contributed by atoms with Crippen LogP contribution in [0.2, 0.25) is 0 Å². The molecule has 9 nitrogen and oxygen atoms in total. The van der Waals surface area contributed by atoms with Gasteiger partial charge in [-0.2, -0.15) is 0 Å². The molecule has 45 heavy (non-hydrogen) atoms. The van der Waals surface area contributed by atoms with Crippen molar-refractivity contribution in [3.63, 3.8) is 0 Å². The Hall–Kier alpha value is -4.38. The van der Waals surface area contributed by atoms with Gasteiger partial charge in [-0.1, -0.05) is 58.4 Å². The van der Waals surface area contributed by atoms with Crippen LogP contribution in [0.15, 0.2) is 107 Å². The Kier molecular flexibility index (Phi) is 10.7. The molecule has 0 saturated heterocycles. The molecule has 1 aliphatic rings. The van der Waals surface area contributed by atoms with E-state index in [1.165, 1.54) is 0 Å². The summed E-state index contributed by atoms with van der Waals surface area (Å²) in [6.07, 6.45) is 0.115. The highest BCUT2D eigenvalue weighted by Gasteiger charge is 2.53. The van der Waals surface area contributed by atoms with E-state index in [1.54, 1.807) is 20.3 Å². The van der Waals surface area contributed by atoms with E-state index >= 15 is 0 Å². The van der Waals surface area contributed by atoms with Gasteiger partial charge in [0.1, 0.15) is 17.2 Å². The number of halogens is 1. The highest BCUT2D eigenvalue weighted by Crippen LogP contribution is 2.42. The molecule has 4 aromatic carbocycles. The molecule has 1 amide bonds. The van der Waals surface area contributed by atoms with Crippen molar-refractivity contribution in [2.45, 2.75) is 31.0 Å². The number of carbonyl (C=O) groups is 1. The van der Waals surface area contributed by atoms with Gasteiger partial charge in [-0.05, 0) is 65.2 Å². The van der Waals surface area contributed by atoms with E-state index in [1.807, 2.05) is 91.0 Å². The third-order valence-electron chi connectivity index (χ3n) is 7.42. The number of hydrogen-bond acceptors (Lipinski definition) is 8. The normalized spacial score (nSPS) is 17.2. The topological polar surface area (TPSA) is 111 Å². The Labute approximate surface area is 271 Å². The van der Waals surface area contributed by atoms with Gasteiger partial charge in [0.15, 0.2) is 11.6 Å². The fraction of sp³-hybridized carbons (Fsp3) is 0.257. The first-order valence-electron chi connectivity index (χ1n) is 14.6. The van der Waals surface area contributed by atoms with E-state index in [9.17, 15) is 4.79 Å². The van der Waals surface area contributed by atoms with Crippen molar-refractivity contribution in [3.8, 4) is 17.2 Å². The first-order valence-corrected chi connectivity index (χ1v) is 15.4. The van der Waals surface area contributed by atoms with Gasteiger partial charge in [-0.15, -0.1) is 0 Å². The lowest BCUT2D eigenvalue weighted by Gasteiger charge is -2.31. The largest absolute Gasteiger partial charge is 0.497 e. The first kappa shape index (κ1) is 32.0. The molecule has 0 aliphatic carbocycles. The fourth-order valence-corrected chi connectivity index (χ4v) is 5.39. The maximum atomic E-state index is 14.4. The van der Waals surface area contributed by atoms with Crippen LogP contribution < -0.4 is 25.1 Å². The lowest BCUT2D eigenvalue weighted by Crippen LogP contribution is -2.53. The summed E-state index contributed by atoms with van der Waals surface area (Å²) < 4.78 is 24.0. The molecule has 10 heteroatoms. The van der Waals surface area contributed by atoms with E-state index in [-0.39, 0.29) is 12.5 Å². The molecule has 0 bridgehead atoms. The van der Waals surface area contributed by atoms with Crippen LogP contribution in [0.25, 0.3) is 0 Å². The first-order chi connectivity index (χ1) is 21.9. The van der Waals surface area contributed by atoms with Crippen molar-refractivity contribution in [2.75, 3.05) is 27.4 Å². The van der Waals surface area contributed by atoms with Crippen LogP contribution >= 0.6 is 15.9 Å². The van der Waals surface area contributed by atoms with Crippen LogP contribution in [0.5, 0.6) is 17.2 Å². The van der Waals surface area contributed by atoms with Gasteiger partial charge in [-0.25, -0.2) is 10.4 Å². The molecule has 0 saturated carbocycles. The van der Waals surface area contributed by atoms with Gasteiger partial charge < -0.3 is 24.1 Å². The Morgan fingerprint density at radius 3 is 2.24 bits per heavy atom. The van der Waals surface area contributed by atoms with Gasteiger partial charge in [-0.3, -0.25) is 10.2 Å². The lowest BCUT2D eigenvalue weighted by atomic mass is 9.82. The molecule has 4 aromatic rings. The number of hydrazine groups is 1. The number of aliphatic hydroxyl groups is 1. The third kappa shape index (κ3) is 7.83. The van der Waals surface area contributed by atoms with E-state index in [0.29, 0.717) is 54.7 Å². The summed E-state index contributed by atoms with van der Waals surface area (Å²) in [5.74, 6) is 1.98. The number of nitrogens with zero attached hydrogens (tertiary/aromatic N) is 1. The number of carbonyl (C=O) groups excluding carboxylic acids is 1. The molecule has 234 valence electrons. The molecule has 0 fully saturated rings. The van der Waals surface area contributed by atoms with Crippen molar-refractivity contribution >= 4 is 27.7 Å². The molecular formula is C35H36BrN3O6. The van der Waals surface area contributed by atoms with E-state index in [4.69, 9.17) is 29.0 Å². The van der Waals surface area contributed by atoms with E-state index in [2.05, 4.69) is 26.8 Å². The number of hydrogen-bond donors (Lipinski definition) is 3. The number of ether oxygens (including phenoxy) is 4. The smallest absolute Gasteiger partial charge is 0.266 e. The number of aliphatic hydroxyl groups excluding tert-OH is 1. The van der Waals surface area contributed by atoms with Crippen LogP contribution in [-0.4, -0.2) is 49.9 Å². The second-order valence-corrected chi connectivity index (χ2v) is 11.4. The van der Waals surface area contributed by atoms with Gasteiger partial charge in [0.05, 0.1) is 20.8 Å². The fourth-order valence-electron chi connectivity index (χ4n) is 5.13. The summed E-state index contributed by atoms with van der Waals surface area (Å²) in [6, 6.07) is 30.4. The average Bonchev–Trinajstić information content (AvgIpc) is 3.46. The number of methoxy groups -OCH3 is 2. The second kappa shape index (κ2) is 15.1. The molecular weight excluding hydrogens is 638 g/mol. The zero-order valence-corrected chi connectivity index (χ0v) is 26.8. The number of benzene rings is 4. The molecule has 2 atom stereocenters. The summed E-state index contributed by atoms with van der Waals surface area (Å²) in [6.45, 7) is 0.794. The molecule has 0 unspecified atom stereocenters. The lowest BCUT2D eigenvalue weighted by molar-refractivity contribution is -0.130. The minimum absolute atomic E-state index is 0.0638. The zero-order valence-electron chi connectivity index (χ0n) is 25.2. The van der Waals surface area contributed by atoms with Gasteiger partial charge in [0, 0.05) is 42.1 Å². The predicted octanol–water partition coefficient (Wildman–Crippen LogP) is 5.55. The number of aliphatic imine (C=N–C) groups is 1. The standard InChI is InChI=1S/C35H36BrN3O6/c1-42-30-19-25(20-31(21-30)43-2)23-37-39-34(41)35(22-24-7-4-3-5-8-24)32(26-9-13-28(36)14-10-26)45-33(38-35)27-11-15-29(16-12-27)44-18-6-17-40/h3-5,7-16,19-21,32,37,40H,6,17-18,22-23H2,1-2H3,(H,39,41)/t32-,35-/m0/s1. The van der Waals surface area contributed by atoms with E-state index in [0.717, 1.165) is 21.2 Å². The Balaban J connectivity index is 1.48. The monoisotopic (exact) mass is 673 g/mol. The minimum atomic E-state index is -1.35. The SMILES string of the molecule is COc1cc(CNNC(=O)[C@@]2(Cc3ccccc3)N=C(c3ccc(OCCCO)cc3)O[C@H]2c2ccc(Br)cc2)cc(OC)c1. The van der Waals surface area contributed by atoms with Crippen LogP contribution in [0.4, 0.5) is 0 Å². The van der Waals surface area contributed by atoms with E-state index < -0.39 is 11.6 Å². The second-order valence-electron chi connectivity index (χ2n) is 10.5. The highest BCUT2D eigenvalue weighted by atomic mass is 79.9. The molecule has 0 spiro atoms. The quantitative estimate of drug-likeness (QED) is 0.119. The minimum Gasteiger partial charge on any atom is -0.497 e. The maximum absolute atomic E-state index is 14.4. The van der Waals surface area contributed by atoms with Crippen LogP contribution in [-0.2, 0) is 22.5 Å². The summed E-state index contributed by atoms with van der Waals surface area (Å²) in [7, 11) is 3.19. The summed E-state index contributed by atoms with van der Waals surface area (Å²) in [4.78, 5) is 19.4. The van der Waals surface area contributed by atoms with Crippen molar-refractivity contribution in [2.24, 2.45) is 4.99 Å². The molecule has 1 aliphatic heterocycles.